The van der Waals surface area contributed by atoms with E-state index >= 15 is 0 Å². The Kier molecular flexibility index (Phi) is 0.718. The van der Waals surface area contributed by atoms with Gasteiger partial charge in [0.25, 0.3) is 0 Å². The van der Waals surface area contributed by atoms with E-state index in [1.54, 1.807) is 0 Å². The Bertz CT molecular complexity index is 40.7. The predicted molar refractivity (Wildman–Crippen MR) is 27.8 cm³/mol. The molecule has 1 saturated carbocycles. The van der Waals surface area contributed by atoms with Gasteiger partial charge in [-0.2, -0.15) is 0 Å². The third-order valence-electron chi connectivity index (χ3n) is 1.90. The van der Waals surface area contributed by atoms with Gasteiger partial charge in [0.15, 0.2) is 0 Å². The molecular formula is C5H9B. The first-order valence-electron chi connectivity index (χ1n) is 2.49. The molecule has 0 aliphatic heterocycles. The molecule has 1 aliphatic rings. The molecule has 0 aromatic carbocycles. The Hall–Kier alpha value is 0.0649. The third-order valence-corrected chi connectivity index (χ3v) is 1.90. The summed E-state index contributed by atoms with van der Waals surface area (Å²) in [4.78, 5) is 0. The van der Waals surface area contributed by atoms with Crippen molar-refractivity contribution in [2.24, 2.45) is 11.8 Å². The predicted octanol–water partition coefficient (Wildman–Crippen LogP) is 1.23. The van der Waals surface area contributed by atoms with Crippen LogP contribution in [-0.4, -0.2) is 7.85 Å². The molecule has 1 aliphatic carbocycles. The molecule has 0 aromatic heterocycles. The molecule has 0 nitrogen and oxygen atoms in total. The summed E-state index contributed by atoms with van der Waals surface area (Å²) in [7, 11) is 5.51. The molecule has 1 heteroatoms. The first-order chi connectivity index (χ1) is 2.73. The van der Waals surface area contributed by atoms with Crippen molar-refractivity contribution in [3.63, 3.8) is 0 Å². The Morgan fingerprint density at radius 1 is 1.17 bits per heavy atom. The van der Waals surface area contributed by atoms with Crippen LogP contribution in [0.4, 0.5) is 0 Å². The van der Waals surface area contributed by atoms with Gasteiger partial charge >= 0.3 is 0 Å². The van der Waals surface area contributed by atoms with Crippen LogP contribution in [0.25, 0.3) is 0 Å². The summed E-state index contributed by atoms with van der Waals surface area (Å²) >= 11 is 0. The second-order valence-electron chi connectivity index (χ2n) is 2.30. The van der Waals surface area contributed by atoms with E-state index in [-0.39, 0.29) is 0 Å². The minimum atomic E-state index is 0.519. The van der Waals surface area contributed by atoms with E-state index in [2.05, 4.69) is 13.8 Å². The van der Waals surface area contributed by atoms with Crippen molar-refractivity contribution in [1.82, 2.24) is 0 Å². The number of hydrogen-bond donors (Lipinski definition) is 0. The van der Waals surface area contributed by atoms with Crippen molar-refractivity contribution in [3.8, 4) is 0 Å². The van der Waals surface area contributed by atoms with Gasteiger partial charge in [-0.25, -0.2) is 0 Å². The molecule has 1 fully saturated rings. The maximum Gasteiger partial charge on any atom is 0.0707 e. The van der Waals surface area contributed by atoms with E-state index in [0.29, 0.717) is 5.82 Å². The average molecular weight is 79.9 g/mol. The summed E-state index contributed by atoms with van der Waals surface area (Å²) in [6.45, 7) is 4.38. The molecule has 0 bridgehead atoms. The van der Waals surface area contributed by atoms with Gasteiger partial charge in [-0.15, -0.1) is 0 Å². The van der Waals surface area contributed by atoms with E-state index in [4.69, 9.17) is 7.85 Å². The lowest BCUT2D eigenvalue weighted by molar-refractivity contribution is 0.834. The molecule has 0 amide bonds. The highest BCUT2D eigenvalue weighted by atomic mass is 14.4. The van der Waals surface area contributed by atoms with Gasteiger partial charge in [0.05, 0.1) is 7.85 Å². The molecule has 0 saturated heterocycles. The Morgan fingerprint density at radius 2 is 1.33 bits per heavy atom. The molecule has 0 aromatic rings. The highest BCUT2D eigenvalue weighted by Gasteiger charge is 2.37. The van der Waals surface area contributed by atoms with E-state index in [0.717, 1.165) is 11.8 Å². The first-order valence-corrected chi connectivity index (χ1v) is 2.49. The first kappa shape index (κ1) is 4.23. The zero-order chi connectivity index (χ0) is 4.73. The van der Waals surface area contributed by atoms with Crippen LogP contribution in [0.15, 0.2) is 0 Å². The van der Waals surface area contributed by atoms with Crippen molar-refractivity contribution in [1.29, 1.82) is 0 Å². The van der Waals surface area contributed by atoms with Crippen LogP contribution < -0.4 is 0 Å². The molecule has 0 heterocycles. The average Bonchev–Trinajstić information content (AvgIpc) is 1.94. The van der Waals surface area contributed by atoms with Crippen molar-refractivity contribution in [3.05, 3.63) is 0 Å². The Balaban J connectivity index is 2.31. The summed E-state index contributed by atoms with van der Waals surface area (Å²) in [5, 5.41) is 0. The van der Waals surface area contributed by atoms with Gasteiger partial charge < -0.3 is 0 Å². The van der Waals surface area contributed by atoms with Crippen molar-refractivity contribution in [2.75, 3.05) is 0 Å². The standard InChI is InChI=1S/C5H9B/c1-3-4(2)5(3)6/h3-5H,1-2H3. The topological polar surface area (TPSA) is 0 Å². The second-order valence-corrected chi connectivity index (χ2v) is 2.30. The van der Waals surface area contributed by atoms with E-state index in [1.807, 2.05) is 0 Å². The minimum Gasteiger partial charge on any atom is -0.0719 e. The van der Waals surface area contributed by atoms with E-state index in [1.165, 1.54) is 0 Å². The largest absolute Gasteiger partial charge is 0.0719 e. The fourth-order valence-corrected chi connectivity index (χ4v) is 0.701. The lowest BCUT2D eigenvalue weighted by atomic mass is 9.99. The van der Waals surface area contributed by atoms with Gasteiger partial charge in [-0.1, -0.05) is 19.7 Å². The highest BCUT2D eigenvalue weighted by Crippen LogP contribution is 2.48. The highest BCUT2D eigenvalue weighted by molar-refractivity contribution is 6.14. The molecule has 2 atom stereocenters. The van der Waals surface area contributed by atoms with Crippen molar-refractivity contribution >= 4 is 7.85 Å². The molecular weight excluding hydrogens is 70.9 g/mol. The molecule has 0 N–H and O–H groups in total. The van der Waals surface area contributed by atoms with Crippen LogP contribution >= 0.6 is 0 Å². The maximum absolute atomic E-state index is 5.51. The lowest BCUT2D eigenvalue weighted by Crippen LogP contribution is -1.60. The zero-order valence-electron chi connectivity index (χ0n) is 4.31. The van der Waals surface area contributed by atoms with E-state index in [9.17, 15) is 0 Å². The molecule has 32 valence electrons. The van der Waals surface area contributed by atoms with Crippen LogP contribution in [0, 0.1) is 11.8 Å². The SMILES string of the molecule is [B]C1C(C)C1C. The number of hydrogen-bond acceptors (Lipinski definition) is 0. The van der Waals surface area contributed by atoms with Gasteiger partial charge in [0.2, 0.25) is 0 Å². The van der Waals surface area contributed by atoms with Crippen LogP contribution in [0.5, 0.6) is 0 Å². The zero-order valence-corrected chi connectivity index (χ0v) is 4.31. The molecule has 0 spiro atoms. The monoisotopic (exact) mass is 80.1 g/mol. The smallest absolute Gasteiger partial charge is 0.0707 e. The summed E-state index contributed by atoms with van der Waals surface area (Å²) in [5.74, 6) is 2.11. The van der Waals surface area contributed by atoms with Gasteiger partial charge in [0.1, 0.15) is 0 Å². The van der Waals surface area contributed by atoms with Crippen LogP contribution in [0.1, 0.15) is 13.8 Å². The maximum atomic E-state index is 5.51. The Morgan fingerprint density at radius 3 is 1.33 bits per heavy atom. The molecule has 1 rings (SSSR count). The van der Waals surface area contributed by atoms with Crippen molar-refractivity contribution in [2.45, 2.75) is 19.7 Å². The van der Waals surface area contributed by atoms with Gasteiger partial charge in [0, 0.05) is 0 Å². The normalized spacial score (nSPS) is 55.3. The Labute approximate surface area is 40.3 Å². The molecule has 2 unspecified atom stereocenters. The summed E-state index contributed by atoms with van der Waals surface area (Å²) < 4.78 is 0. The van der Waals surface area contributed by atoms with Crippen LogP contribution in [-0.2, 0) is 0 Å². The van der Waals surface area contributed by atoms with Crippen LogP contribution in [0.3, 0.4) is 0 Å². The third kappa shape index (κ3) is 0.377. The van der Waals surface area contributed by atoms with Gasteiger partial charge in [-0.05, 0) is 11.8 Å². The van der Waals surface area contributed by atoms with Crippen LogP contribution in [0.2, 0.25) is 5.82 Å². The fourth-order valence-electron chi connectivity index (χ4n) is 0.701. The van der Waals surface area contributed by atoms with Crippen molar-refractivity contribution < 1.29 is 0 Å². The quantitative estimate of drug-likeness (QED) is 0.384. The summed E-state index contributed by atoms with van der Waals surface area (Å²) in [6.07, 6.45) is 0. The summed E-state index contributed by atoms with van der Waals surface area (Å²) in [5.41, 5.74) is 0. The van der Waals surface area contributed by atoms with E-state index < -0.39 is 0 Å². The summed E-state index contributed by atoms with van der Waals surface area (Å²) in [6, 6.07) is 0. The lowest BCUT2D eigenvalue weighted by Gasteiger charge is -1.67. The van der Waals surface area contributed by atoms with Gasteiger partial charge in [-0.3, -0.25) is 0 Å². The molecule has 2 radical (unpaired) electrons. The second kappa shape index (κ2) is 1.02. The fraction of sp³-hybridized carbons (Fsp3) is 1.00. The molecule has 6 heavy (non-hydrogen) atoms. The minimum absolute atomic E-state index is 0.519. The number of rotatable bonds is 0.